The van der Waals surface area contributed by atoms with E-state index in [2.05, 4.69) is 9.36 Å². The zero-order chi connectivity index (χ0) is 11.8. The lowest BCUT2D eigenvalue weighted by atomic mass is 10.2. The predicted octanol–water partition coefficient (Wildman–Crippen LogP) is 2.21. The molecule has 1 aromatic carbocycles. The molecule has 0 aliphatic heterocycles. The zero-order valence-corrected chi connectivity index (χ0v) is 12.0. The van der Waals surface area contributed by atoms with Crippen LogP contribution in [0.15, 0.2) is 29.2 Å². The first-order valence-corrected chi connectivity index (χ1v) is 8.01. The summed E-state index contributed by atoms with van der Waals surface area (Å²) in [6.07, 6.45) is 1.19. The molecule has 0 saturated heterocycles. The molecule has 2 rings (SSSR count). The van der Waals surface area contributed by atoms with Gasteiger partial charge in [-0.25, -0.2) is 13.4 Å². The van der Waals surface area contributed by atoms with Gasteiger partial charge in [-0.05, 0) is 23.7 Å². The van der Waals surface area contributed by atoms with Crippen molar-refractivity contribution in [3.05, 3.63) is 28.1 Å². The standard InChI is InChI=1S/C9H7IN2O2S2/c1-16(13,14)7-4-2-3-6(5-7)8-11-9(10)12-15-8/h2-5H,1H3. The summed E-state index contributed by atoms with van der Waals surface area (Å²) in [7, 11) is -3.17. The van der Waals surface area contributed by atoms with Crippen molar-refractivity contribution in [2.24, 2.45) is 0 Å². The summed E-state index contributed by atoms with van der Waals surface area (Å²) in [5.74, 6) is 0. The smallest absolute Gasteiger partial charge is 0.203 e. The normalized spacial score (nSPS) is 11.6. The SMILES string of the molecule is CS(=O)(=O)c1cccc(-c2nc(I)ns2)c1. The van der Waals surface area contributed by atoms with Crippen molar-refractivity contribution in [3.63, 3.8) is 0 Å². The minimum absolute atomic E-state index is 0.301. The number of hydrogen-bond acceptors (Lipinski definition) is 5. The van der Waals surface area contributed by atoms with Crippen molar-refractivity contribution in [1.82, 2.24) is 9.36 Å². The number of nitrogens with zero attached hydrogens (tertiary/aromatic N) is 2. The molecule has 0 amide bonds. The highest BCUT2D eigenvalue weighted by molar-refractivity contribution is 14.1. The minimum atomic E-state index is -3.17. The Bertz CT molecular complexity index is 622. The number of hydrogen-bond donors (Lipinski definition) is 0. The van der Waals surface area contributed by atoms with Crippen LogP contribution < -0.4 is 0 Å². The van der Waals surface area contributed by atoms with Gasteiger partial charge in [0.2, 0.25) is 3.83 Å². The number of sulfone groups is 1. The van der Waals surface area contributed by atoms with Gasteiger partial charge < -0.3 is 0 Å². The third-order valence-electron chi connectivity index (χ3n) is 1.91. The number of benzene rings is 1. The molecule has 1 aromatic heterocycles. The van der Waals surface area contributed by atoms with Crippen LogP contribution in [0.3, 0.4) is 0 Å². The summed E-state index contributed by atoms with van der Waals surface area (Å²) >= 11 is 3.28. The highest BCUT2D eigenvalue weighted by Gasteiger charge is 2.10. The van der Waals surface area contributed by atoms with Crippen LogP contribution in [0.1, 0.15) is 0 Å². The Morgan fingerprint density at radius 2 is 2.12 bits per heavy atom. The van der Waals surface area contributed by atoms with Gasteiger partial charge >= 0.3 is 0 Å². The first-order chi connectivity index (χ1) is 7.47. The molecule has 0 spiro atoms. The van der Waals surface area contributed by atoms with Crippen LogP contribution in [0, 0.1) is 3.83 Å². The maximum absolute atomic E-state index is 11.4. The molecule has 0 unspecified atom stereocenters. The van der Waals surface area contributed by atoms with Crippen LogP contribution in [0.5, 0.6) is 0 Å². The maximum Gasteiger partial charge on any atom is 0.203 e. The highest BCUT2D eigenvalue weighted by atomic mass is 127. The molecular formula is C9H7IN2O2S2. The van der Waals surface area contributed by atoms with Gasteiger partial charge in [0, 0.05) is 34.4 Å². The van der Waals surface area contributed by atoms with Gasteiger partial charge in [-0.3, -0.25) is 0 Å². The third-order valence-corrected chi connectivity index (χ3v) is 4.59. The maximum atomic E-state index is 11.4. The van der Waals surface area contributed by atoms with Crippen LogP contribution in [-0.4, -0.2) is 24.0 Å². The Kier molecular flexibility index (Phi) is 3.27. The zero-order valence-electron chi connectivity index (χ0n) is 8.21. The lowest BCUT2D eigenvalue weighted by molar-refractivity contribution is 0.602. The monoisotopic (exact) mass is 366 g/mol. The molecule has 0 saturated carbocycles. The average Bonchev–Trinajstić information content (AvgIpc) is 2.64. The van der Waals surface area contributed by atoms with Crippen LogP contribution in [0.25, 0.3) is 10.6 Å². The van der Waals surface area contributed by atoms with Crippen LogP contribution in [-0.2, 0) is 9.84 Å². The summed E-state index contributed by atoms with van der Waals surface area (Å²) in [6, 6.07) is 6.72. The van der Waals surface area contributed by atoms with Gasteiger partial charge in [0.15, 0.2) is 9.84 Å². The topological polar surface area (TPSA) is 59.9 Å². The van der Waals surface area contributed by atoms with E-state index in [1.165, 1.54) is 17.8 Å². The quantitative estimate of drug-likeness (QED) is 0.765. The molecule has 1 heterocycles. The van der Waals surface area contributed by atoms with E-state index < -0.39 is 9.84 Å². The van der Waals surface area contributed by atoms with Crippen molar-refractivity contribution >= 4 is 44.0 Å². The second-order valence-corrected chi connectivity index (χ2v) is 6.90. The first kappa shape index (κ1) is 11.9. The molecular weight excluding hydrogens is 359 g/mol. The van der Waals surface area contributed by atoms with Gasteiger partial charge in [-0.1, -0.05) is 12.1 Å². The van der Waals surface area contributed by atoms with Gasteiger partial charge in [0.25, 0.3) is 0 Å². The van der Waals surface area contributed by atoms with E-state index in [1.807, 2.05) is 28.7 Å². The van der Waals surface area contributed by atoms with E-state index >= 15 is 0 Å². The molecule has 0 radical (unpaired) electrons. The summed E-state index contributed by atoms with van der Waals surface area (Å²) in [5.41, 5.74) is 0.781. The largest absolute Gasteiger partial charge is 0.224 e. The van der Waals surface area contributed by atoms with Crippen molar-refractivity contribution in [2.75, 3.05) is 6.26 Å². The van der Waals surface area contributed by atoms with E-state index in [-0.39, 0.29) is 0 Å². The number of aromatic nitrogens is 2. The fourth-order valence-electron chi connectivity index (χ4n) is 1.18. The summed E-state index contributed by atoms with van der Waals surface area (Å²) in [5, 5.41) is 0.731. The lowest BCUT2D eigenvalue weighted by Crippen LogP contribution is -1.96. The molecule has 0 N–H and O–H groups in total. The van der Waals surface area contributed by atoms with E-state index in [1.54, 1.807) is 18.2 Å². The Morgan fingerprint density at radius 3 is 2.69 bits per heavy atom. The fraction of sp³-hybridized carbons (Fsp3) is 0.111. The average molecular weight is 366 g/mol. The summed E-state index contributed by atoms with van der Waals surface area (Å²) < 4.78 is 27.5. The fourth-order valence-corrected chi connectivity index (χ4v) is 3.11. The van der Waals surface area contributed by atoms with Crippen LogP contribution in [0.4, 0.5) is 0 Å². The van der Waals surface area contributed by atoms with Crippen molar-refractivity contribution in [1.29, 1.82) is 0 Å². The van der Waals surface area contributed by atoms with E-state index in [9.17, 15) is 8.42 Å². The molecule has 4 nitrogen and oxygen atoms in total. The molecule has 16 heavy (non-hydrogen) atoms. The van der Waals surface area contributed by atoms with Crippen molar-refractivity contribution in [2.45, 2.75) is 4.90 Å². The third kappa shape index (κ3) is 2.58. The molecule has 84 valence electrons. The Labute approximate surface area is 111 Å². The van der Waals surface area contributed by atoms with Crippen LogP contribution >= 0.6 is 34.1 Å². The number of rotatable bonds is 2. The van der Waals surface area contributed by atoms with Gasteiger partial charge in [0.1, 0.15) is 5.01 Å². The molecule has 0 atom stereocenters. The molecule has 7 heteroatoms. The van der Waals surface area contributed by atoms with Gasteiger partial charge in [-0.2, -0.15) is 4.37 Å². The minimum Gasteiger partial charge on any atom is -0.224 e. The molecule has 0 bridgehead atoms. The second kappa shape index (κ2) is 4.38. The van der Waals surface area contributed by atoms with Crippen molar-refractivity contribution in [3.8, 4) is 10.6 Å². The lowest BCUT2D eigenvalue weighted by Gasteiger charge is -2.00. The predicted molar refractivity (Wildman–Crippen MR) is 71.2 cm³/mol. The summed E-state index contributed by atoms with van der Waals surface area (Å²) in [4.78, 5) is 4.50. The van der Waals surface area contributed by atoms with E-state index in [0.717, 1.165) is 10.6 Å². The van der Waals surface area contributed by atoms with E-state index in [4.69, 9.17) is 0 Å². The van der Waals surface area contributed by atoms with Crippen molar-refractivity contribution < 1.29 is 8.42 Å². The molecule has 0 aliphatic carbocycles. The van der Waals surface area contributed by atoms with Gasteiger partial charge in [-0.15, -0.1) is 0 Å². The number of halogens is 1. The first-order valence-electron chi connectivity index (χ1n) is 4.26. The second-order valence-electron chi connectivity index (χ2n) is 3.17. The Morgan fingerprint density at radius 1 is 1.38 bits per heavy atom. The molecule has 0 fully saturated rings. The van der Waals surface area contributed by atoms with Crippen LogP contribution in [0.2, 0.25) is 0 Å². The Balaban J connectivity index is 2.52. The highest BCUT2D eigenvalue weighted by Crippen LogP contribution is 2.24. The molecule has 2 aromatic rings. The van der Waals surface area contributed by atoms with Gasteiger partial charge in [0.05, 0.1) is 4.90 Å². The molecule has 0 aliphatic rings. The van der Waals surface area contributed by atoms with E-state index in [0.29, 0.717) is 8.73 Å². The Hall–Kier alpha value is -0.540. The summed E-state index contributed by atoms with van der Waals surface area (Å²) in [6.45, 7) is 0.